The summed E-state index contributed by atoms with van der Waals surface area (Å²) in [5.74, 6) is 2.14. The highest BCUT2D eigenvalue weighted by Gasteiger charge is 2.35. The van der Waals surface area contributed by atoms with Gasteiger partial charge >= 0.3 is 0 Å². The highest BCUT2D eigenvalue weighted by molar-refractivity contribution is 14.0. The maximum absolute atomic E-state index is 12.0. The van der Waals surface area contributed by atoms with Crippen molar-refractivity contribution in [3.8, 4) is 0 Å². The van der Waals surface area contributed by atoms with Crippen LogP contribution in [-0.2, 0) is 21.4 Å². The predicted molar refractivity (Wildman–Crippen MR) is 128 cm³/mol. The number of benzene rings is 1. The summed E-state index contributed by atoms with van der Waals surface area (Å²) in [5, 5.41) is 8.38. The number of nitrogens with two attached hydrogens (primary N) is 1. The van der Waals surface area contributed by atoms with Gasteiger partial charge in [0, 0.05) is 27.2 Å². The van der Waals surface area contributed by atoms with Crippen LogP contribution in [0.3, 0.4) is 0 Å². The van der Waals surface area contributed by atoms with E-state index in [9.17, 15) is 13.2 Å². The molecule has 10 heteroatoms. The van der Waals surface area contributed by atoms with Crippen LogP contribution in [-0.4, -0.2) is 63.8 Å². The lowest BCUT2D eigenvalue weighted by Gasteiger charge is -2.23. The van der Waals surface area contributed by atoms with E-state index in [1.54, 1.807) is 31.1 Å². The van der Waals surface area contributed by atoms with Gasteiger partial charge in [0.1, 0.15) is 0 Å². The van der Waals surface area contributed by atoms with E-state index in [-0.39, 0.29) is 41.3 Å². The van der Waals surface area contributed by atoms with E-state index in [2.05, 4.69) is 10.2 Å². The minimum atomic E-state index is -3.70. The third-order valence-electron chi connectivity index (χ3n) is 5.84. The van der Waals surface area contributed by atoms with Gasteiger partial charge in [-0.2, -0.15) is 0 Å². The van der Waals surface area contributed by atoms with Crippen molar-refractivity contribution in [1.29, 1.82) is 0 Å². The number of halogens is 1. The lowest BCUT2D eigenvalue weighted by Crippen LogP contribution is -2.44. The van der Waals surface area contributed by atoms with E-state index >= 15 is 0 Å². The third kappa shape index (κ3) is 6.55. The first-order chi connectivity index (χ1) is 13.7. The minimum Gasteiger partial charge on any atom is -0.347 e. The van der Waals surface area contributed by atoms with Crippen LogP contribution in [0.1, 0.15) is 31.2 Å². The molecule has 1 aromatic carbocycles. The fourth-order valence-corrected chi connectivity index (χ4v) is 4.63. The van der Waals surface area contributed by atoms with Gasteiger partial charge in [-0.3, -0.25) is 4.79 Å². The summed E-state index contributed by atoms with van der Waals surface area (Å²) < 4.78 is 22.8. The van der Waals surface area contributed by atoms with Crippen molar-refractivity contribution in [2.75, 3.05) is 33.7 Å². The summed E-state index contributed by atoms with van der Waals surface area (Å²) >= 11 is 0. The number of nitrogens with one attached hydrogen (secondary N) is 1. The summed E-state index contributed by atoms with van der Waals surface area (Å²) in [6, 6.07) is 6.42. The van der Waals surface area contributed by atoms with E-state index in [0.29, 0.717) is 18.4 Å². The second-order valence-corrected chi connectivity index (χ2v) is 9.74. The first-order valence-electron chi connectivity index (χ1n) is 10.1. The Morgan fingerprint density at radius 2 is 1.73 bits per heavy atom. The molecule has 3 N–H and O–H groups in total. The Balaban J connectivity index is 0.00000320. The highest BCUT2D eigenvalue weighted by atomic mass is 127. The first kappa shape index (κ1) is 24.9. The fourth-order valence-electron chi connectivity index (χ4n) is 4.11. The van der Waals surface area contributed by atoms with Crippen LogP contribution in [0.15, 0.2) is 34.2 Å². The molecule has 3 rings (SSSR count). The Morgan fingerprint density at radius 1 is 1.17 bits per heavy atom. The number of carbonyl (C=O) groups excluding carboxylic acids is 1. The smallest absolute Gasteiger partial charge is 0.241 e. The molecule has 8 nitrogen and oxygen atoms in total. The van der Waals surface area contributed by atoms with Crippen LogP contribution in [0.4, 0.5) is 0 Å². The van der Waals surface area contributed by atoms with Crippen LogP contribution in [0, 0.1) is 11.8 Å². The van der Waals surface area contributed by atoms with Crippen molar-refractivity contribution in [3.05, 3.63) is 29.8 Å². The number of carbonyl (C=O) groups is 1. The average molecular weight is 549 g/mol. The number of hydrogen-bond donors (Lipinski definition) is 2. The second kappa shape index (κ2) is 10.8. The van der Waals surface area contributed by atoms with Crippen LogP contribution in [0.25, 0.3) is 0 Å². The number of amides is 1. The van der Waals surface area contributed by atoms with Crippen LogP contribution in [0.5, 0.6) is 0 Å². The predicted octanol–water partition coefficient (Wildman–Crippen LogP) is 1.61. The molecule has 1 amide bonds. The summed E-state index contributed by atoms with van der Waals surface area (Å²) in [6.07, 6.45) is 5.12. The molecule has 1 aromatic rings. The van der Waals surface area contributed by atoms with Crippen molar-refractivity contribution < 1.29 is 13.2 Å². The first-order valence-corrected chi connectivity index (χ1v) is 11.6. The van der Waals surface area contributed by atoms with Crippen LogP contribution in [0.2, 0.25) is 0 Å². The van der Waals surface area contributed by atoms with E-state index in [0.717, 1.165) is 24.6 Å². The lowest BCUT2D eigenvalue weighted by atomic mass is 9.82. The molecule has 168 valence electrons. The monoisotopic (exact) mass is 549 g/mol. The summed E-state index contributed by atoms with van der Waals surface area (Å²) in [4.78, 5) is 20.7. The minimum absolute atomic E-state index is 0. The largest absolute Gasteiger partial charge is 0.347 e. The summed E-state index contributed by atoms with van der Waals surface area (Å²) in [6.45, 7) is 2.53. The standard InChI is InChI=1S/C20H31N5O3S.HI/c1-24(2)19(26)12-23-20(25-13-16-5-3-4-6-17(16)14-25)22-11-15-7-9-18(10-8-15)29(21,27)28;/h7-10,16-17H,3-6,11-14H2,1-2H3,(H,22,23)(H2,21,27,28);1H. The van der Waals surface area contributed by atoms with Crippen molar-refractivity contribution >= 4 is 45.9 Å². The van der Waals surface area contributed by atoms with Gasteiger partial charge in [-0.1, -0.05) is 25.0 Å². The topological polar surface area (TPSA) is 108 Å². The number of aliphatic imine (C=N–C) groups is 1. The number of fused-ring (bicyclic) bond motifs is 1. The number of guanidine groups is 1. The number of rotatable bonds is 5. The second-order valence-electron chi connectivity index (χ2n) is 8.18. The van der Waals surface area contributed by atoms with Gasteiger partial charge in [0.15, 0.2) is 5.96 Å². The quantitative estimate of drug-likeness (QED) is 0.330. The number of likely N-dealkylation sites (tertiary alicyclic amines) is 1. The molecule has 1 saturated carbocycles. The van der Waals surface area contributed by atoms with Gasteiger partial charge in [-0.25, -0.2) is 18.5 Å². The molecular formula is C20H32IN5O3S. The van der Waals surface area contributed by atoms with Crippen molar-refractivity contribution in [2.45, 2.75) is 37.1 Å². The number of hydrogen-bond acceptors (Lipinski definition) is 4. The Bertz CT molecular complexity index is 844. The Hall–Kier alpha value is -1.40. The van der Waals surface area contributed by atoms with E-state index in [1.807, 2.05) is 0 Å². The molecule has 2 aliphatic rings. The Morgan fingerprint density at radius 3 is 2.23 bits per heavy atom. The molecule has 1 aliphatic carbocycles. The van der Waals surface area contributed by atoms with Gasteiger partial charge in [-0.05, 0) is 42.4 Å². The molecule has 2 fully saturated rings. The molecule has 1 aliphatic heterocycles. The molecule has 0 bridgehead atoms. The normalized spacial score (nSPS) is 21.6. The zero-order valence-electron chi connectivity index (χ0n) is 17.6. The van der Waals surface area contributed by atoms with Crippen molar-refractivity contribution in [3.63, 3.8) is 0 Å². The SMILES string of the molecule is CN(C)C(=O)CNC(=NCc1ccc(S(N)(=O)=O)cc1)N1CC2CCCCC2C1.I. The Kier molecular flexibility index (Phi) is 8.92. The highest BCUT2D eigenvalue weighted by Crippen LogP contribution is 2.36. The van der Waals surface area contributed by atoms with Gasteiger partial charge in [0.05, 0.1) is 18.0 Å². The number of primary sulfonamides is 1. The number of likely N-dealkylation sites (N-methyl/N-ethyl adjacent to an activating group) is 1. The van der Waals surface area contributed by atoms with Gasteiger partial charge in [0.25, 0.3) is 0 Å². The molecule has 0 aromatic heterocycles. The third-order valence-corrected chi connectivity index (χ3v) is 6.76. The zero-order chi connectivity index (χ0) is 21.0. The lowest BCUT2D eigenvalue weighted by molar-refractivity contribution is -0.127. The molecule has 0 spiro atoms. The van der Waals surface area contributed by atoms with Gasteiger partial charge < -0.3 is 15.1 Å². The summed E-state index contributed by atoms with van der Waals surface area (Å²) in [7, 11) is -0.232. The van der Waals surface area contributed by atoms with Crippen LogP contribution >= 0.6 is 24.0 Å². The Labute approximate surface area is 196 Å². The molecule has 1 heterocycles. The van der Waals surface area contributed by atoms with Gasteiger partial charge in [0.2, 0.25) is 15.9 Å². The number of nitrogens with zero attached hydrogens (tertiary/aromatic N) is 3. The number of sulfonamides is 1. The van der Waals surface area contributed by atoms with E-state index < -0.39 is 10.0 Å². The molecule has 30 heavy (non-hydrogen) atoms. The average Bonchev–Trinajstić information content (AvgIpc) is 3.11. The van der Waals surface area contributed by atoms with Crippen LogP contribution < -0.4 is 10.5 Å². The van der Waals surface area contributed by atoms with E-state index in [4.69, 9.17) is 10.1 Å². The van der Waals surface area contributed by atoms with Crippen molar-refractivity contribution in [2.24, 2.45) is 22.0 Å². The van der Waals surface area contributed by atoms with Gasteiger partial charge in [-0.15, -0.1) is 24.0 Å². The molecule has 1 saturated heterocycles. The zero-order valence-corrected chi connectivity index (χ0v) is 20.7. The maximum atomic E-state index is 12.0. The molecular weight excluding hydrogens is 517 g/mol. The summed E-state index contributed by atoms with van der Waals surface area (Å²) in [5.41, 5.74) is 0.882. The van der Waals surface area contributed by atoms with Crippen molar-refractivity contribution in [1.82, 2.24) is 15.1 Å². The van der Waals surface area contributed by atoms with E-state index in [1.165, 1.54) is 37.8 Å². The maximum Gasteiger partial charge on any atom is 0.241 e. The molecule has 2 unspecified atom stereocenters. The molecule has 0 radical (unpaired) electrons. The fraction of sp³-hybridized carbons (Fsp3) is 0.600. The molecule has 2 atom stereocenters.